The molecule has 0 radical (unpaired) electrons. The van der Waals surface area contributed by atoms with Crippen LogP contribution in [0.25, 0.3) is 27.9 Å². The van der Waals surface area contributed by atoms with Crippen molar-refractivity contribution in [2.75, 3.05) is 0 Å². The van der Waals surface area contributed by atoms with Crippen LogP contribution in [0.2, 0.25) is 5.02 Å². The van der Waals surface area contributed by atoms with Crippen LogP contribution in [-0.4, -0.2) is 19.6 Å². The smallest absolute Gasteiger partial charge is 0.303 e. The molecule has 1 N–H and O–H groups in total. The van der Waals surface area contributed by atoms with E-state index in [9.17, 15) is 13.6 Å². The molecular formula is C15H7ClF2N4O. The molecule has 114 valence electrons. The Kier molecular flexibility index (Phi) is 2.92. The molecule has 0 atom stereocenters. The molecule has 0 aliphatic carbocycles. The summed E-state index contributed by atoms with van der Waals surface area (Å²) >= 11 is 5.72. The molecule has 0 amide bonds. The lowest BCUT2D eigenvalue weighted by Gasteiger charge is -1.99. The zero-order valence-electron chi connectivity index (χ0n) is 11.3. The highest BCUT2D eigenvalue weighted by Gasteiger charge is 2.16. The lowest BCUT2D eigenvalue weighted by atomic mass is 10.2. The number of nitrogens with one attached hydrogen (secondary N) is 1. The van der Waals surface area contributed by atoms with Crippen molar-refractivity contribution in [3.63, 3.8) is 0 Å². The number of nitrogens with zero attached hydrogens (tertiary/aromatic N) is 3. The quantitative estimate of drug-likeness (QED) is 0.582. The second-order valence-corrected chi connectivity index (χ2v) is 5.32. The predicted octanol–water partition coefficient (Wildman–Crippen LogP) is 3.17. The fourth-order valence-electron chi connectivity index (χ4n) is 2.41. The maximum atomic E-state index is 14.0. The molecule has 0 aliphatic rings. The summed E-state index contributed by atoms with van der Waals surface area (Å²) in [6.45, 7) is 0. The topological polar surface area (TPSA) is 63.0 Å². The van der Waals surface area contributed by atoms with Gasteiger partial charge in [-0.1, -0.05) is 17.7 Å². The van der Waals surface area contributed by atoms with Gasteiger partial charge in [-0.25, -0.2) is 18.6 Å². The fraction of sp³-hybridized carbons (Fsp3) is 0. The van der Waals surface area contributed by atoms with Crippen LogP contribution in [0.1, 0.15) is 0 Å². The SMILES string of the molecule is O=c1[nH]c2c(F)cccc2c2nc(-c3ccc(Cl)cc3F)nn12. The first-order chi connectivity index (χ1) is 11.0. The molecule has 0 bridgehead atoms. The molecular weight excluding hydrogens is 326 g/mol. The summed E-state index contributed by atoms with van der Waals surface area (Å²) in [5.41, 5.74) is -0.388. The lowest BCUT2D eigenvalue weighted by molar-refractivity contribution is 0.630. The first-order valence-electron chi connectivity index (χ1n) is 6.57. The first-order valence-corrected chi connectivity index (χ1v) is 6.95. The van der Waals surface area contributed by atoms with Gasteiger partial charge in [-0.05, 0) is 30.3 Å². The number of para-hydroxylation sites is 1. The minimum Gasteiger partial charge on any atom is -0.303 e. The van der Waals surface area contributed by atoms with Gasteiger partial charge < -0.3 is 4.98 Å². The van der Waals surface area contributed by atoms with Crippen molar-refractivity contribution in [3.05, 3.63) is 63.5 Å². The fourth-order valence-corrected chi connectivity index (χ4v) is 2.57. The number of halogens is 3. The summed E-state index contributed by atoms with van der Waals surface area (Å²) in [6.07, 6.45) is 0. The number of aromatic amines is 1. The van der Waals surface area contributed by atoms with Crippen LogP contribution in [0.5, 0.6) is 0 Å². The van der Waals surface area contributed by atoms with Gasteiger partial charge in [0.2, 0.25) is 0 Å². The zero-order valence-corrected chi connectivity index (χ0v) is 12.1. The Balaban J connectivity index is 2.08. The number of benzene rings is 2. The van der Waals surface area contributed by atoms with E-state index in [4.69, 9.17) is 11.6 Å². The minimum absolute atomic E-state index is 0.0152. The third kappa shape index (κ3) is 2.08. The summed E-state index contributed by atoms with van der Waals surface area (Å²) in [6, 6.07) is 8.36. The number of hydrogen-bond donors (Lipinski definition) is 1. The molecule has 4 aromatic rings. The zero-order chi connectivity index (χ0) is 16.1. The normalized spacial score (nSPS) is 11.4. The van der Waals surface area contributed by atoms with E-state index in [1.807, 2.05) is 0 Å². The summed E-state index contributed by atoms with van der Waals surface area (Å²) in [5, 5.41) is 4.62. The van der Waals surface area contributed by atoms with Gasteiger partial charge in [0, 0.05) is 10.4 Å². The Labute approximate surface area is 132 Å². The number of H-pyrrole nitrogens is 1. The van der Waals surface area contributed by atoms with Crippen LogP contribution in [0.15, 0.2) is 41.2 Å². The van der Waals surface area contributed by atoms with Gasteiger partial charge in [0.25, 0.3) is 0 Å². The van der Waals surface area contributed by atoms with Gasteiger partial charge in [0.15, 0.2) is 11.5 Å². The maximum Gasteiger partial charge on any atom is 0.348 e. The molecule has 2 aromatic heterocycles. The molecule has 0 aliphatic heterocycles. The summed E-state index contributed by atoms with van der Waals surface area (Å²) in [7, 11) is 0. The molecule has 23 heavy (non-hydrogen) atoms. The van der Waals surface area contributed by atoms with Crippen molar-refractivity contribution in [1.82, 2.24) is 19.6 Å². The van der Waals surface area contributed by atoms with E-state index in [-0.39, 0.29) is 27.6 Å². The first kappa shape index (κ1) is 13.8. The van der Waals surface area contributed by atoms with Gasteiger partial charge >= 0.3 is 5.69 Å². The van der Waals surface area contributed by atoms with Crippen molar-refractivity contribution in [2.45, 2.75) is 0 Å². The van der Waals surface area contributed by atoms with Crippen LogP contribution in [-0.2, 0) is 0 Å². The highest BCUT2D eigenvalue weighted by atomic mass is 35.5. The van der Waals surface area contributed by atoms with Crippen LogP contribution >= 0.6 is 11.6 Å². The van der Waals surface area contributed by atoms with E-state index in [0.717, 1.165) is 10.6 Å². The molecule has 0 saturated carbocycles. The molecule has 0 unspecified atom stereocenters. The number of hydrogen-bond acceptors (Lipinski definition) is 3. The lowest BCUT2D eigenvalue weighted by Crippen LogP contribution is -2.17. The van der Waals surface area contributed by atoms with Crippen molar-refractivity contribution >= 4 is 28.2 Å². The van der Waals surface area contributed by atoms with Crippen LogP contribution < -0.4 is 5.69 Å². The number of fused-ring (bicyclic) bond motifs is 3. The van der Waals surface area contributed by atoms with Crippen molar-refractivity contribution in [3.8, 4) is 11.4 Å². The molecule has 2 heterocycles. The van der Waals surface area contributed by atoms with E-state index in [0.29, 0.717) is 5.39 Å². The van der Waals surface area contributed by atoms with Gasteiger partial charge in [0.1, 0.15) is 11.6 Å². The van der Waals surface area contributed by atoms with E-state index in [2.05, 4.69) is 15.1 Å². The monoisotopic (exact) mass is 332 g/mol. The van der Waals surface area contributed by atoms with Crippen molar-refractivity contribution in [1.29, 1.82) is 0 Å². The molecule has 2 aromatic carbocycles. The van der Waals surface area contributed by atoms with Crippen LogP contribution in [0.3, 0.4) is 0 Å². The molecule has 0 saturated heterocycles. The highest BCUT2D eigenvalue weighted by molar-refractivity contribution is 6.30. The van der Waals surface area contributed by atoms with Gasteiger partial charge in [-0.3, -0.25) is 0 Å². The van der Waals surface area contributed by atoms with Crippen molar-refractivity contribution < 1.29 is 8.78 Å². The molecule has 8 heteroatoms. The van der Waals surface area contributed by atoms with E-state index < -0.39 is 17.3 Å². The standard InChI is InChI=1S/C15H7ClF2N4O/c16-7-4-5-8(11(18)6-7)13-20-14-9-2-1-3-10(17)12(9)19-15(23)22(14)21-13/h1-6H,(H,19,23). The number of rotatable bonds is 1. The molecule has 0 fully saturated rings. The molecule has 0 spiro atoms. The average molecular weight is 333 g/mol. The molecule has 4 rings (SSSR count). The third-order valence-corrected chi connectivity index (χ3v) is 3.69. The Hall–Kier alpha value is -2.80. The summed E-state index contributed by atoms with van der Waals surface area (Å²) in [4.78, 5) is 18.6. The largest absolute Gasteiger partial charge is 0.348 e. The van der Waals surface area contributed by atoms with E-state index >= 15 is 0 Å². The Morgan fingerprint density at radius 2 is 1.96 bits per heavy atom. The third-order valence-electron chi connectivity index (χ3n) is 3.46. The Morgan fingerprint density at radius 1 is 1.13 bits per heavy atom. The summed E-state index contributed by atoms with van der Waals surface area (Å²) < 4.78 is 28.8. The second kappa shape index (κ2) is 4.85. The highest BCUT2D eigenvalue weighted by Crippen LogP contribution is 2.25. The van der Waals surface area contributed by atoms with Crippen molar-refractivity contribution in [2.24, 2.45) is 0 Å². The van der Waals surface area contributed by atoms with Gasteiger partial charge in [0.05, 0.1) is 11.1 Å². The average Bonchev–Trinajstić information content (AvgIpc) is 2.94. The van der Waals surface area contributed by atoms with Gasteiger partial charge in [-0.15, -0.1) is 5.10 Å². The van der Waals surface area contributed by atoms with Gasteiger partial charge in [-0.2, -0.15) is 4.52 Å². The van der Waals surface area contributed by atoms with Crippen LogP contribution in [0.4, 0.5) is 8.78 Å². The van der Waals surface area contributed by atoms with Crippen LogP contribution in [0, 0.1) is 11.6 Å². The molecule has 5 nitrogen and oxygen atoms in total. The Morgan fingerprint density at radius 3 is 2.74 bits per heavy atom. The minimum atomic E-state index is -0.661. The maximum absolute atomic E-state index is 14.0. The second-order valence-electron chi connectivity index (χ2n) is 4.89. The number of aromatic nitrogens is 4. The Bertz CT molecular complexity index is 1140. The predicted molar refractivity (Wildman–Crippen MR) is 81.5 cm³/mol. The summed E-state index contributed by atoms with van der Waals surface area (Å²) in [5.74, 6) is -1.17. The van der Waals surface area contributed by atoms with E-state index in [1.54, 1.807) is 6.07 Å². The van der Waals surface area contributed by atoms with E-state index in [1.165, 1.54) is 24.3 Å².